The lowest BCUT2D eigenvalue weighted by atomic mass is 9.97. The van der Waals surface area contributed by atoms with Gasteiger partial charge in [-0.25, -0.2) is 4.98 Å². The molecule has 0 N–H and O–H groups in total. The largest absolute Gasteiger partial charge is 0.346 e. The van der Waals surface area contributed by atoms with Crippen molar-refractivity contribution in [2.45, 2.75) is 31.7 Å². The van der Waals surface area contributed by atoms with Crippen LogP contribution in [0.3, 0.4) is 0 Å². The molecule has 0 aliphatic carbocycles. The molecule has 0 bridgehead atoms. The summed E-state index contributed by atoms with van der Waals surface area (Å²) in [5.41, 5.74) is 2.79. The normalized spacial score (nSPS) is 23.4. The molecule has 0 saturated carbocycles. The molecule has 1 aromatic carbocycles. The first-order valence-electron chi connectivity index (χ1n) is 6.48. The average molecular weight is 276 g/mol. The van der Waals surface area contributed by atoms with Crippen molar-refractivity contribution in [2.24, 2.45) is 0 Å². The summed E-state index contributed by atoms with van der Waals surface area (Å²) in [7, 11) is 0. The zero-order valence-corrected chi connectivity index (χ0v) is 11.4. The van der Waals surface area contributed by atoms with Gasteiger partial charge in [-0.2, -0.15) is 4.37 Å². The van der Waals surface area contributed by atoms with Crippen LogP contribution in [-0.2, 0) is 21.9 Å². The van der Waals surface area contributed by atoms with Gasteiger partial charge in [0.2, 0.25) is 0 Å². The molecule has 4 nitrogen and oxygen atoms in total. The molecule has 1 aliphatic heterocycles. The zero-order chi connectivity index (χ0) is 13.0. The summed E-state index contributed by atoms with van der Waals surface area (Å²) in [4.78, 5) is 4.15. The molecule has 0 spiro atoms. The van der Waals surface area contributed by atoms with E-state index in [-0.39, 0.29) is 0 Å². The fourth-order valence-corrected chi connectivity index (χ4v) is 2.76. The van der Waals surface area contributed by atoms with Crippen LogP contribution in [0.2, 0.25) is 0 Å². The summed E-state index contributed by atoms with van der Waals surface area (Å²) in [6.45, 7) is 1.12. The van der Waals surface area contributed by atoms with Crippen LogP contribution < -0.4 is 0 Å². The number of aromatic nitrogens is 2. The summed E-state index contributed by atoms with van der Waals surface area (Å²) in [5, 5.41) is 0. The summed E-state index contributed by atoms with van der Waals surface area (Å²) >= 11 is 1.34. The van der Waals surface area contributed by atoms with Crippen LogP contribution in [0, 0.1) is 0 Å². The summed E-state index contributed by atoms with van der Waals surface area (Å²) in [6, 6.07) is 10.1. The van der Waals surface area contributed by atoms with E-state index in [1.165, 1.54) is 11.5 Å². The number of benzene rings is 1. The highest BCUT2D eigenvalue weighted by Crippen LogP contribution is 2.36. The lowest BCUT2D eigenvalue weighted by Gasteiger charge is -2.37. The minimum Gasteiger partial charge on any atom is -0.346 e. The molecule has 5 heteroatoms. The number of nitrogens with zero attached hydrogens (tertiary/aromatic N) is 2. The van der Waals surface area contributed by atoms with E-state index in [0.717, 1.165) is 37.3 Å². The Morgan fingerprint density at radius 1 is 1.26 bits per heavy atom. The standard InChI is InChI=1S/C14H16N2O2S/c1-2-6-12(7-3-1)14(8-4-5-9-17-14)18-10-13-15-11-19-16-13/h1-3,6-7,11H,4-5,8-10H2. The van der Waals surface area contributed by atoms with E-state index in [0.29, 0.717) is 6.61 Å². The Labute approximate surface area is 116 Å². The van der Waals surface area contributed by atoms with Crippen molar-refractivity contribution < 1.29 is 9.47 Å². The molecule has 1 atom stereocenters. The highest BCUT2D eigenvalue weighted by atomic mass is 32.1. The van der Waals surface area contributed by atoms with Crippen molar-refractivity contribution in [3.05, 3.63) is 47.2 Å². The molecular weight excluding hydrogens is 260 g/mol. The van der Waals surface area contributed by atoms with Gasteiger partial charge in [0, 0.05) is 12.0 Å². The molecule has 1 fully saturated rings. The van der Waals surface area contributed by atoms with Crippen LogP contribution in [0.25, 0.3) is 0 Å². The minimum absolute atomic E-state index is 0.387. The van der Waals surface area contributed by atoms with Crippen LogP contribution in [0.4, 0.5) is 0 Å². The Bertz CT molecular complexity index is 495. The van der Waals surface area contributed by atoms with Crippen molar-refractivity contribution in [1.29, 1.82) is 0 Å². The van der Waals surface area contributed by atoms with Crippen molar-refractivity contribution in [3.8, 4) is 0 Å². The second-order valence-electron chi connectivity index (χ2n) is 4.56. The fourth-order valence-electron chi connectivity index (χ4n) is 2.32. The molecule has 1 aliphatic rings. The minimum atomic E-state index is -0.634. The van der Waals surface area contributed by atoms with Crippen molar-refractivity contribution in [3.63, 3.8) is 0 Å². The first kappa shape index (κ1) is 12.7. The third-order valence-corrected chi connectivity index (χ3v) is 3.81. The predicted octanol–water partition coefficient (Wildman–Crippen LogP) is 3.11. The van der Waals surface area contributed by atoms with Gasteiger partial charge in [-0.05, 0) is 24.4 Å². The van der Waals surface area contributed by atoms with Crippen LogP contribution in [0.15, 0.2) is 35.8 Å². The van der Waals surface area contributed by atoms with Gasteiger partial charge in [0.15, 0.2) is 11.6 Å². The van der Waals surface area contributed by atoms with E-state index < -0.39 is 5.79 Å². The first-order chi connectivity index (χ1) is 9.39. The third-order valence-electron chi connectivity index (χ3n) is 3.29. The maximum absolute atomic E-state index is 6.06. The van der Waals surface area contributed by atoms with Gasteiger partial charge >= 0.3 is 0 Å². The van der Waals surface area contributed by atoms with E-state index >= 15 is 0 Å². The maximum Gasteiger partial charge on any atom is 0.195 e. The average Bonchev–Trinajstić information content (AvgIpc) is 3.01. The lowest BCUT2D eigenvalue weighted by molar-refractivity contribution is -0.272. The highest BCUT2D eigenvalue weighted by Gasteiger charge is 2.36. The predicted molar refractivity (Wildman–Crippen MR) is 72.6 cm³/mol. The number of rotatable bonds is 4. The van der Waals surface area contributed by atoms with E-state index in [1.54, 1.807) is 5.51 Å². The van der Waals surface area contributed by atoms with E-state index in [2.05, 4.69) is 21.5 Å². The third kappa shape index (κ3) is 2.83. The van der Waals surface area contributed by atoms with Gasteiger partial charge in [0.05, 0.1) is 6.61 Å². The van der Waals surface area contributed by atoms with Crippen LogP contribution in [-0.4, -0.2) is 16.0 Å². The lowest BCUT2D eigenvalue weighted by Crippen LogP contribution is -2.36. The van der Waals surface area contributed by atoms with Gasteiger partial charge < -0.3 is 9.47 Å². The molecule has 2 heterocycles. The zero-order valence-electron chi connectivity index (χ0n) is 10.6. The summed E-state index contributed by atoms with van der Waals surface area (Å²) in [5.74, 6) is 0.0830. The van der Waals surface area contributed by atoms with Crippen molar-refractivity contribution in [2.75, 3.05) is 6.61 Å². The van der Waals surface area contributed by atoms with Gasteiger partial charge in [-0.15, -0.1) is 0 Å². The molecule has 100 valence electrons. The topological polar surface area (TPSA) is 44.2 Å². The van der Waals surface area contributed by atoms with Gasteiger partial charge in [-0.1, -0.05) is 30.3 Å². The Morgan fingerprint density at radius 2 is 2.16 bits per heavy atom. The van der Waals surface area contributed by atoms with Crippen LogP contribution in [0.1, 0.15) is 30.7 Å². The maximum atomic E-state index is 6.06. The molecule has 1 aromatic heterocycles. The molecule has 1 saturated heterocycles. The first-order valence-corrected chi connectivity index (χ1v) is 7.31. The fraction of sp³-hybridized carbons (Fsp3) is 0.429. The second-order valence-corrected chi connectivity index (χ2v) is 5.16. The Hall–Kier alpha value is -1.30. The van der Waals surface area contributed by atoms with Crippen molar-refractivity contribution in [1.82, 2.24) is 9.36 Å². The van der Waals surface area contributed by atoms with E-state index in [1.807, 2.05) is 18.2 Å². The molecule has 0 amide bonds. The van der Waals surface area contributed by atoms with E-state index in [4.69, 9.17) is 9.47 Å². The number of hydrogen-bond donors (Lipinski definition) is 0. The summed E-state index contributed by atoms with van der Waals surface area (Å²) < 4.78 is 16.2. The molecule has 2 aromatic rings. The number of hydrogen-bond acceptors (Lipinski definition) is 5. The van der Waals surface area contributed by atoms with Crippen LogP contribution >= 0.6 is 11.5 Å². The Kier molecular flexibility index (Phi) is 3.87. The molecule has 0 radical (unpaired) electrons. The van der Waals surface area contributed by atoms with Gasteiger partial charge in [-0.3, -0.25) is 0 Å². The number of ether oxygens (including phenoxy) is 2. The summed E-state index contributed by atoms with van der Waals surface area (Å²) in [6.07, 6.45) is 3.08. The van der Waals surface area contributed by atoms with Crippen molar-refractivity contribution >= 4 is 11.5 Å². The monoisotopic (exact) mass is 276 g/mol. The highest BCUT2D eigenvalue weighted by molar-refractivity contribution is 7.03. The molecule has 1 unspecified atom stereocenters. The molecule has 19 heavy (non-hydrogen) atoms. The molecular formula is C14H16N2O2S. The molecule has 3 rings (SSSR count). The Balaban J connectivity index is 1.80. The van der Waals surface area contributed by atoms with E-state index in [9.17, 15) is 0 Å². The SMILES string of the molecule is c1ccc(C2(OCc3ncsn3)CCCCO2)cc1. The Morgan fingerprint density at radius 3 is 2.84 bits per heavy atom. The smallest absolute Gasteiger partial charge is 0.195 e. The van der Waals surface area contributed by atoms with Gasteiger partial charge in [0.1, 0.15) is 12.1 Å². The quantitative estimate of drug-likeness (QED) is 0.860. The van der Waals surface area contributed by atoms with Gasteiger partial charge in [0.25, 0.3) is 0 Å². The van der Waals surface area contributed by atoms with Crippen LogP contribution in [0.5, 0.6) is 0 Å². The second kappa shape index (κ2) is 5.77.